The number of likely N-dealkylation sites (tertiary alicyclic amines) is 2. The van der Waals surface area contributed by atoms with Crippen LogP contribution in [0.1, 0.15) is 59.0 Å². The van der Waals surface area contributed by atoms with E-state index in [-0.39, 0.29) is 11.8 Å². The van der Waals surface area contributed by atoms with Crippen molar-refractivity contribution < 1.29 is 9.59 Å². The predicted molar refractivity (Wildman–Crippen MR) is 112 cm³/mol. The average Bonchev–Trinajstić information content (AvgIpc) is 3.46. The first-order valence-electron chi connectivity index (χ1n) is 10.8. The van der Waals surface area contributed by atoms with Gasteiger partial charge in [-0.25, -0.2) is 0 Å². The van der Waals surface area contributed by atoms with Crippen LogP contribution in [0.3, 0.4) is 0 Å². The van der Waals surface area contributed by atoms with Crippen LogP contribution >= 0.6 is 0 Å². The molecule has 6 nitrogen and oxygen atoms in total. The van der Waals surface area contributed by atoms with Gasteiger partial charge in [0.15, 0.2) is 0 Å². The molecule has 154 valence electrons. The van der Waals surface area contributed by atoms with Crippen molar-refractivity contribution in [1.29, 1.82) is 0 Å². The summed E-state index contributed by atoms with van der Waals surface area (Å²) in [5, 5.41) is 4.21. The van der Waals surface area contributed by atoms with E-state index in [0.29, 0.717) is 18.2 Å². The quantitative estimate of drug-likeness (QED) is 0.782. The number of nitrogens with zero attached hydrogens (tertiary/aromatic N) is 4. The SMILES string of the molecule is CCn1nccc1C(=O)N1CCC(Cc2ccc(C(=O)N3CCCC3)cc2)CC1. The fourth-order valence-electron chi connectivity index (χ4n) is 4.49. The predicted octanol–water partition coefficient (Wildman–Crippen LogP) is 3.23. The second-order valence-electron chi connectivity index (χ2n) is 8.17. The largest absolute Gasteiger partial charge is 0.339 e. The monoisotopic (exact) mass is 394 g/mol. The summed E-state index contributed by atoms with van der Waals surface area (Å²) >= 11 is 0. The molecule has 3 heterocycles. The van der Waals surface area contributed by atoms with Crippen molar-refractivity contribution in [2.24, 2.45) is 5.92 Å². The van der Waals surface area contributed by atoms with Gasteiger partial charge in [-0.3, -0.25) is 14.3 Å². The molecule has 4 rings (SSSR count). The number of aryl methyl sites for hydroxylation is 1. The minimum Gasteiger partial charge on any atom is -0.339 e. The van der Waals surface area contributed by atoms with E-state index in [1.54, 1.807) is 10.9 Å². The van der Waals surface area contributed by atoms with Gasteiger partial charge in [-0.15, -0.1) is 0 Å². The maximum Gasteiger partial charge on any atom is 0.272 e. The van der Waals surface area contributed by atoms with Crippen LogP contribution < -0.4 is 0 Å². The maximum atomic E-state index is 12.7. The number of benzene rings is 1. The third kappa shape index (κ3) is 4.36. The van der Waals surface area contributed by atoms with Crippen molar-refractivity contribution in [3.8, 4) is 0 Å². The molecule has 2 saturated heterocycles. The van der Waals surface area contributed by atoms with Crippen molar-refractivity contribution >= 4 is 11.8 Å². The first-order valence-corrected chi connectivity index (χ1v) is 10.8. The number of hydrogen-bond acceptors (Lipinski definition) is 3. The highest BCUT2D eigenvalue weighted by Crippen LogP contribution is 2.23. The van der Waals surface area contributed by atoms with Gasteiger partial charge >= 0.3 is 0 Å². The molecule has 0 spiro atoms. The van der Waals surface area contributed by atoms with Gasteiger partial charge in [-0.2, -0.15) is 5.10 Å². The van der Waals surface area contributed by atoms with E-state index < -0.39 is 0 Å². The van der Waals surface area contributed by atoms with E-state index in [2.05, 4.69) is 17.2 Å². The van der Waals surface area contributed by atoms with Crippen LogP contribution in [0.15, 0.2) is 36.5 Å². The van der Waals surface area contributed by atoms with Crippen molar-refractivity contribution in [3.63, 3.8) is 0 Å². The standard InChI is InChI=1S/C23H30N4O2/c1-2-27-21(9-12-24-27)23(29)26-15-10-19(11-16-26)17-18-5-7-20(8-6-18)22(28)25-13-3-4-14-25/h5-9,12,19H,2-4,10-11,13-17H2,1H3. The van der Waals surface area contributed by atoms with Gasteiger partial charge < -0.3 is 9.80 Å². The Kier molecular flexibility index (Phi) is 5.97. The molecule has 29 heavy (non-hydrogen) atoms. The smallest absolute Gasteiger partial charge is 0.272 e. The molecular formula is C23H30N4O2. The minimum absolute atomic E-state index is 0.0904. The van der Waals surface area contributed by atoms with Crippen LogP contribution in [-0.2, 0) is 13.0 Å². The Bertz CT molecular complexity index is 844. The van der Waals surface area contributed by atoms with Crippen LogP contribution in [0.4, 0.5) is 0 Å². The summed E-state index contributed by atoms with van der Waals surface area (Å²) in [4.78, 5) is 29.1. The summed E-state index contributed by atoms with van der Waals surface area (Å²) in [6.07, 6.45) is 6.97. The van der Waals surface area contributed by atoms with E-state index in [1.165, 1.54) is 5.56 Å². The highest BCUT2D eigenvalue weighted by Gasteiger charge is 2.25. The number of hydrogen-bond donors (Lipinski definition) is 0. The Labute approximate surface area is 172 Å². The molecule has 0 unspecified atom stereocenters. The van der Waals surface area contributed by atoms with Crippen LogP contribution in [0.5, 0.6) is 0 Å². The van der Waals surface area contributed by atoms with Crippen molar-refractivity contribution in [3.05, 3.63) is 53.3 Å². The Morgan fingerprint density at radius 2 is 1.59 bits per heavy atom. The zero-order valence-corrected chi connectivity index (χ0v) is 17.2. The highest BCUT2D eigenvalue weighted by molar-refractivity contribution is 5.94. The molecule has 1 aromatic carbocycles. The summed E-state index contributed by atoms with van der Waals surface area (Å²) in [7, 11) is 0. The van der Waals surface area contributed by atoms with Gasteiger partial charge in [-0.1, -0.05) is 12.1 Å². The lowest BCUT2D eigenvalue weighted by atomic mass is 9.89. The van der Waals surface area contributed by atoms with E-state index in [1.807, 2.05) is 34.9 Å². The minimum atomic E-state index is 0.0904. The van der Waals surface area contributed by atoms with E-state index >= 15 is 0 Å². The molecule has 2 aliphatic rings. The van der Waals surface area contributed by atoms with Gasteiger partial charge in [-0.05, 0) is 68.7 Å². The summed E-state index contributed by atoms with van der Waals surface area (Å²) in [5.41, 5.74) is 2.75. The van der Waals surface area contributed by atoms with Crippen LogP contribution in [-0.4, -0.2) is 57.6 Å². The molecular weight excluding hydrogens is 364 g/mol. The summed E-state index contributed by atoms with van der Waals surface area (Å²) < 4.78 is 1.76. The third-order valence-electron chi connectivity index (χ3n) is 6.26. The number of carbonyl (C=O) groups excluding carboxylic acids is 2. The topological polar surface area (TPSA) is 58.4 Å². The number of amides is 2. The molecule has 2 aliphatic heterocycles. The molecule has 0 radical (unpaired) electrons. The Balaban J connectivity index is 1.29. The Morgan fingerprint density at radius 1 is 0.931 bits per heavy atom. The first kappa shape index (κ1) is 19.7. The maximum absolute atomic E-state index is 12.7. The van der Waals surface area contributed by atoms with Gasteiger partial charge in [0.1, 0.15) is 5.69 Å². The van der Waals surface area contributed by atoms with Gasteiger partial charge in [0.2, 0.25) is 0 Å². The van der Waals surface area contributed by atoms with Gasteiger partial charge in [0, 0.05) is 44.5 Å². The molecule has 2 fully saturated rings. The summed E-state index contributed by atoms with van der Waals surface area (Å²) in [6.45, 7) is 6.07. The molecule has 0 bridgehead atoms. The zero-order valence-electron chi connectivity index (χ0n) is 17.2. The Hall–Kier alpha value is -2.63. The van der Waals surface area contributed by atoms with Gasteiger partial charge in [0.05, 0.1) is 0 Å². The molecule has 0 N–H and O–H groups in total. The lowest BCUT2D eigenvalue weighted by Crippen LogP contribution is -2.39. The number of carbonyl (C=O) groups is 2. The van der Waals surface area contributed by atoms with Crippen LogP contribution in [0, 0.1) is 5.92 Å². The molecule has 0 saturated carbocycles. The molecule has 2 amide bonds. The lowest BCUT2D eigenvalue weighted by Gasteiger charge is -2.32. The normalized spacial score (nSPS) is 17.7. The molecule has 6 heteroatoms. The molecule has 1 aromatic heterocycles. The van der Waals surface area contributed by atoms with Crippen LogP contribution in [0.25, 0.3) is 0 Å². The Morgan fingerprint density at radius 3 is 2.24 bits per heavy atom. The van der Waals surface area contributed by atoms with E-state index in [9.17, 15) is 9.59 Å². The third-order valence-corrected chi connectivity index (χ3v) is 6.26. The van der Waals surface area contributed by atoms with Gasteiger partial charge in [0.25, 0.3) is 11.8 Å². The van der Waals surface area contributed by atoms with E-state index in [4.69, 9.17) is 0 Å². The number of piperidine rings is 1. The highest BCUT2D eigenvalue weighted by atomic mass is 16.2. The fraction of sp³-hybridized carbons (Fsp3) is 0.522. The summed E-state index contributed by atoms with van der Waals surface area (Å²) in [5.74, 6) is 0.829. The molecule has 0 aliphatic carbocycles. The zero-order chi connectivity index (χ0) is 20.2. The van der Waals surface area contributed by atoms with Crippen LogP contribution in [0.2, 0.25) is 0 Å². The fourth-order valence-corrected chi connectivity index (χ4v) is 4.49. The average molecular weight is 395 g/mol. The van der Waals surface area contributed by atoms with Crippen molar-refractivity contribution in [2.75, 3.05) is 26.2 Å². The second-order valence-corrected chi connectivity index (χ2v) is 8.17. The molecule has 2 aromatic rings. The number of rotatable bonds is 5. The van der Waals surface area contributed by atoms with E-state index in [0.717, 1.165) is 63.8 Å². The molecule has 0 atom stereocenters. The second kappa shape index (κ2) is 8.80. The first-order chi connectivity index (χ1) is 14.2. The summed E-state index contributed by atoms with van der Waals surface area (Å²) in [6, 6.07) is 9.95. The lowest BCUT2D eigenvalue weighted by molar-refractivity contribution is 0.0677. The van der Waals surface area contributed by atoms with Crippen molar-refractivity contribution in [1.82, 2.24) is 19.6 Å². The van der Waals surface area contributed by atoms with Crippen molar-refractivity contribution in [2.45, 2.75) is 45.6 Å². The number of aromatic nitrogens is 2.